The zero-order chi connectivity index (χ0) is 31.7. The van der Waals surface area contributed by atoms with E-state index in [-0.39, 0.29) is 30.9 Å². The molecule has 4 rings (SSSR count). The van der Waals surface area contributed by atoms with E-state index in [0.717, 1.165) is 18.4 Å². The maximum Gasteiger partial charge on any atom is 0.312 e. The highest BCUT2D eigenvalue weighted by Gasteiger charge is 2.75. The molecule has 2 N–H and O–H groups in total. The van der Waals surface area contributed by atoms with Crippen LogP contribution in [0.15, 0.2) is 55.6 Å². The number of likely N-dealkylation sites (tertiary alicyclic amines) is 1. The van der Waals surface area contributed by atoms with Gasteiger partial charge in [0, 0.05) is 32.7 Å². The van der Waals surface area contributed by atoms with Crippen molar-refractivity contribution in [2.24, 2.45) is 11.8 Å². The number of hydrogen-bond acceptors (Lipinski definition) is 7. The van der Waals surface area contributed by atoms with Gasteiger partial charge < -0.3 is 29.7 Å². The van der Waals surface area contributed by atoms with Crippen LogP contribution < -0.4 is 5.32 Å². The van der Waals surface area contributed by atoms with Crippen LogP contribution in [0.4, 0.5) is 0 Å². The molecule has 3 fully saturated rings. The highest BCUT2D eigenvalue weighted by Crippen LogP contribution is 2.59. The predicted octanol–water partition coefficient (Wildman–Crippen LogP) is 3.14. The number of allylic oxidation sites excluding steroid dienone is 1. The predicted molar refractivity (Wildman–Crippen MR) is 165 cm³/mol. The van der Waals surface area contributed by atoms with Gasteiger partial charge in [0.05, 0.1) is 24.5 Å². The number of ether oxygens (including phenoxy) is 2. The van der Waals surface area contributed by atoms with Crippen molar-refractivity contribution in [2.45, 2.75) is 88.7 Å². The third-order valence-corrected chi connectivity index (χ3v) is 8.97. The first-order valence-electron chi connectivity index (χ1n) is 15.9. The smallest absolute Gasteiger partial charge is 0.312 e. The second-order valence-electron chi connectivity index (χ2n) is 12.1. The summed E-state index contributed by atoms with van der Waals surface area (Å²) in [4.78, 5) is 57.6. The summed E-state index contributed by atoms with van der Waals surface area (Å²) in [6, 6.07) is 8.80. The van der Waals surface area contributed by atoms with Crippen molar-refractivity contribution in [2.75, 3.05) is 26.2 Å². The number of fused-ring (bicyclic) bond motifs is 1. The lowest BCUT2D eigenvalue weighted by Crippen LogP contribution is -2.56. The van der Waals surface area contributed by atoms with Crippen molar-refractivity contribution in [3.05, 3.63) is 61.2 Å². The minimum atomic E-state index is -1.12. The molecule has 0 aromatic heterocycles. The summed E-state index contributed by atoms with van der Waals surface area (Å²) in [6.45, 7) is 10.5. The Hall–Kier alpha value is -3.50. The summed E-state index contributed by atoms with van der Waals surface area (Å²) in [7, 11) is 0. The van der Waals surface area contributed by atoms with Gasteiger partial charge in [0.2, 0.25) is 17.7 Å². The van der Waals surface area contributed by atoms with Crippen LogP contribution in [0, 0.1) is 11.8 Å². The van der Waals surface area contributed by atoms with Crippen LogP contribution in [0.2, 0.25) is 0 Å². The highest BCUT2D eigenvalue weighted by molar-refractivity contribution is 5.98. The Labute approximate surface area is 260 Å². The van der Waals surface area contributed by atoms with Crippen LogP contribution in [-0.2, 0) is 35.2 Å². The second-order valence-corrected chi connectivity index (χ2v) is 12.1. The first-order chi connectivity index (χ1) is 21.3. The number of nitrogens with zero attached hydrogens (tertiary/aromatic N) is 2. The Morgan fingerprint density at radius 2 is 1.93 bits per heavy atom. The quantitative estimate of drug-likeness (QED) is 0.149. The molecule has 10 nitrogen and oxygen atoms in total. The first kappa shape index (κ1) is 33.4. The number of rotatable bonds is 18. The molecule has 0 radical (unpaired) electrons. The summed E-state index contributed by atoms with van der Waals surface area (Å²) < 4.78 is 12.3. The van der Waals surface area contributed by atoms with Gasteiger partial charge in [-0.15, -0.1) is 13.2 Å². The first-order valence-corrected chi connectivity index (χ1v) is 15.9. The van der Waals surface area contributed by atoms with Gasteiger partial charge in [0.1, 0.15) is 17.7 Å². The zero-order valence-electron chi connectivity index (χ0n) is 25.8. The number of hydrogen-bond donors (Lipinski definition) is 2. The maximum absolute atomic E-state index is 14.4. The van der Waals surface area contributed by atoms with Gasteiger partial charge in [0.15, 0.2) is 0 Å². The Morgan fingerprint density at radius 1 is 1.18 bits per heavy atom. The number of esters is 1. The summed E-state index contributed by atoms with van der Waals surface area (Å²) in [5.41, 5.74) is -0.161. The van der Waals surface area contributed by atoms with Crippen molar-refractivity contribution in [3.8, 4) is 0 Å². The van der Waals surface area contributed by atoms with Crippen LogP contribution in [0.3, 0.4) is 0 Å². The lowest BCUT2D eigenvalue weighted by atomic mass is 9.70. The molecular weight excluding hydrogens is 562 g/mol. The summed E-state index contributed by atoms with van der Waals surface area (Å²) in [5, 5.41) is 11.9. The van der Waals surface area contributed by atoms with Crippen molar-refractivity contribution in [3.63, 3.8) is 0 Å². The van der Waals surface area contributed by atoms with E-state index >= 15 is 0 Å². The molecule has 3 saturated heterocycles. The molecule has 3 heterocycles. The van der Waals surface area contributed by atoms with Crippen molar-refractivity contribution in [1.29, 1.82) is 0 Å². The van der Waals surface area contributed by atoms with E-state index in [1.807, 2.05) is 30.3 Å². The largest absolute Gasteiger partial charge is 0.460 e. The van der Waals surface area contributed by atoms with Gasteiger partial charge in [-0.3, -0.25) is 19.2 Å². The number of aliphatic hydroxyl groups is 1. The van der Waals surface area contributed by atoms with Gasteiger partial charge in [-0.25, -0.2) is 0 Å². The Kier molecular flexibility index (Phi) is 11.7. The van der Waals surface area contributed by atoms with Crippen LogP contribution in [0.25, 0.3) is 0 Å². The molecule has 240 valence electrons. The molecule has 3 aliphatic heterocycles. The minimum Gasteiger partial charge on any atom is -0.460 e. The van der Waals surface area contributed by atoms with Crippen LogP contribution in [0.1, 0.15) is 63.9 Å². The second kappa shape index (κ2) is 15.5. The standard InChI is InChI=1S/C34H47N3O7/c1-4-6-16-27(39)35-22-24(3)43-33(42)28-26-17-18-34(44-26)29(28)31(40)37(20-12-7-8-13-21-38)30(34)32(41)36(19-5-2)23-25-14-10-9-11-15-25/h4-5,9-11,14-15,24,26,28-30,38H,1-2,6-8,12-13,16-23H2,3H3,(H,35,39)/t24-,26+,28-,29-,30+,34-/m0/s1. The van der Waals surface area contributed by atoms with Crippen LogP contribution >= 0.6 is 0 Å². The Morgan fingerprint density at radius 3 is 2.64 bits per heavy atom. The molecular formula is C34H47N3O7. The minimum absolute atomic E-state index is 0.112. The molecule has 1 aromatic rings. The van der Waals surface area contributed by atoms with Crippen molar-refractivity contribution >= 4 is 23.7 Å². The van der Waals surface area contributed by atoms with E-state index in [1.165, 1.54) is 0 Å². The van der Waals surface area contributed by atoms with Crippen LogP contribution in [-0.4, -0.2) is 88.7 Å². The number of unbranched alkanes of at least 4 members (excludes halogenated alkanes) is 3. The van der Waals surface area contributed by atoms with Gasteiger partial charge in [-0.05, 0) is 44.6 Å². The van der Waals surface area contributed by atoms with E-state index in [9.17, 15) is 24.3 Å². The summed E-state index contributed by atoms with van der Waals surface area (Å²) >= 11 is 0. The third kappa shape index (κ3) is 7.24. The molecule has 1 aromatic carbocycles. The SMILES string of the molecule is C=CCCC(=O)NC[C@H](C)OC(=O)[C@@H]1[C@H]2C(=O)N(CCCCCCO)[C@H](C(=O)N(CC=C)Cc3ccccc3)[C@]23CC[C@H]1O3. The molecule has 44 heavy (non-hydrogen) atoms. The lowest BCUT2D eigenvalue weighted by Gasteiger charge is -2.37. The Bertz CT molecular complexity index is 1190. The number of carbonyl (C=O) groups excluding carboxylic acids is 4. The van der Waals surface area contributed by atoms with Crippen LogP contribution in [0.5, 0.6) is 0 Å². The maximum atomic E-state index is 14.4. The lowest BCUT2D eigenvalue weighted by molar-refractivity contribution is -0.159. The highest BCUT2D eigenvalue weighted by atomic mass is 16.6. The average molecular weight is 610 g/mol. The fourth-order valence-electron chi connectivity index (χ4n) is 6.95. The zero-order valence-corrected chi connectivity index (χ0v) is 25.8. The molecule has 0 unspecified atom stereocenters. The normalized spacial score (nSPS) is 25.8. The van der Waals surface area contributed by atoms with Crippen molar-refractivity contribution in [1.82, 2.24) is 15.1 Å². The molecule has 3 amide bonds. The van der Waals surface area contributed by atoms with Gasteiger partial charge in [0.25, 0.3) is 0 Å². The van der Waals surface area contributed by atoms with E-state index in [0.29, 0.717) is 58.2 Å². The monoisotopic (exact) mass is 609 g/mol. The Balaban J connectivity index is 1.55. The molecule has 0 aliphatic carbocycles. The van der Waals surface area contributed by atoms with Gasteiger partial charge >= 0.3 is 5.97 Å². The third-order valence-electron chi connectivity index (χ3n) is 8.97. The van der Waals surface area contributed by atoms with Gasteiger partial charge in [-0.1, -0.05) is 55.3 Å². The number of aliphatic hydroxyl groups excluding tert-OH is 1. The average Bonchev–Trinajstić information content (AvgIpc) is 3.66. The molecule has 0 saturated carbocycles. The number of carbonyl (C=O) groups is 4. The molecule has 6 atom stereocenters. The van der Waals surface area contributed by atoms with Gasteiger partial charge in [-0.2, -0.15) is 0 Å². The number of nitrogens with one attached hydrogen (secondary N) is 1. The van der Waals surface area contributed by atoms with E-state index in [2.05, 4.69) is 18.5 Å². The van der Waals surface area contributed by atoms with E-state index in [1.54, 1.807) is 28.9 Å². The molecule has 2 bridgehead atoms. The molecule has 3 aliphatic rings. The summed E-state index contributed by atoms with van der Waals surface area (Å²) in [6.07, 6.45) is 7.09. The fourth-order valence-corrected chi connectivity index (χ4v) is 6.95. The molecule has 1 spiro atoms. The van der Waals surface area contributed by atoms with Crippen molar-refractivity contribution < 1.29 is 33.8 Å². The summed E-state index contributed by atoms with van der Waals surface area (Å²) in [5.74, 6) is -2.81. The van der Waals surface area contributed by atoms with E-state index < -0.39 is 41.7 Å². The van der Waals surface area contributed by atoms with E-state index in [4.69, 9.17) is 9.47 Å². The fraction of sp³-hybridized carbons (Fsp3) is 0.588. The number of amides is 3. The molecule has 10 heteroatoms. The number of benzene rings is 1. The topological polar surface area (TPSA) is 125 Å².